The van der Waals surface area contributed by atoms with Crippen molar-refractivity contribution in [2.75, 3.05) is 0 Å². The van der Waals surface area contributed by atoms with Crippen molar-refractivity contribution < 1.29 is 9.72 Å². The van der Waals surface area contributed by atoms with E-state index in [9.17, 15) is 14.9 Å². The van der Waals surface area contributed by atoms with Crippen LogP contribution in [0.5, 0.6) is 0 Å². The molecule has 0 radical (unpaired) electrons. The van der Waals surface area contributed by atoms with Gasteiger partial charge in [-0.2, -0.15) is 5.10 Å². The van der Waals surface area contributed by atoms with Crippen LogP contribution < -0.4 is 5.43 Å². The Kier molecular flexibility index (Phi) is 6.26. The number of rotatable bonds is 5. The molecule has 7 heteroatoms. The molecule has 136 valence electrons. The number of halogens is 1. The Hall–Kier alpha value is -2.54. The molecule has 0 bridgehead atoms. The topological polar surface area (TPSA) is 84.6 Å². The molecule has 0 saturated heterocycles. The fourth-order valence-electron chi connectivity index (χ4n) is 2.26. The average Bonchev–Trinajstić information content (AvgIpc) is 2.55. The number of nitro groups is 1. The zero-order valence-electron chi connectivity index (χ0n) is 14.8. The summed E-state index contributed by atoms with van der Waals surface area (Å²) in [5.74, 6) is -0.234. The first-order chi connectivity index (χ1) is 12.2. The van der Waals surface area contributed by atoms with Crippen molar-refractivity contribution in [2.24, 2.45) is 5.10 Å². The maximum atomic E-state index is 12.0. The van der Waals surface area contributed by atoms with E-state index in [4.69, 9.17) is 0 Å². The highest BCUT2D eigenvalue weighted by atomic mass is 79.9. The molecule has 0 atom stereocenters. The lowest BCUT2D eigenvalue weighted by molar-refractivity contribution is -0.384. The third-order valence-corrected chi connectivity index (χ3v) is 4.46. The second-order valence-corrected chi connectivity index (χ2v) is 7.73. The molecule has 0 aliphatic carbocycles. The predicted molar refractivity (Wildman–Crippen MR) is 105 cm³/mol. The van der Waals surface area contributed by atoms with Crippen LogP contribution in [0.25, 0.3) is 0 Å². The van der Waals surface area contributed by atoms with Gasteiger partial charge >= 0.3 is 0 Å². The Balaban J connectivity index is 1.94. The van der Waals surface area contributed by atoms with Gasteiger partial charge < -0.3 is 0 Å². The molecule has 0 fully saturated rings. The molecule has 0 unspecified atom stereocenters. The smallest absolute Gasteiger partial charge is 0.270 e. The highest BCUT2D eigenvalue weighted by Crippen LogP contribution is 2.23. The van der Waals surface area contributed by atoms with E-state index in [-0.39, 0.29) is 23.4 Å². The number of hydrogen-bond donors (Lipinski definition) is 1. The summed E-state index contributed by atoms with van der Waals surface area (Å²) in [6, 6.07) is 12.3. The van der Waals surface area contributed by atoms with Gasteiger partial charge in [0.2, 0.25) is 5.91 Å². The van der Waals surface area contributed by atoms with E-state index in [1.807, 2.05) is 24.3 Å². The Morgan fingerprint density at radius 2 is 1.88 bits per heavy atom. The first-order valence-corrected chi connectivity index (χ1v) is 8.81. The summed E-state index contributed by atoms with van der Waals surface area (Å²) in [6.07, 6.45) is 1.66. The molecule has 0 aliphatic heterocycles. The molecule has 1 N–H and O–H groups in total. The molecular formula is C19H20BrN3O3. The van der Waals surface area contributed by atoms with E-state index in [1.165, 1.54) is 23.9 Å². The monoisotopic (exact) mass is 417 g/mol. The normalized spacial score (nSPS) is 11.5. The van der Waals surface area contributed by atoms with E-state index >= 15 is 0 Å². The molecule has 2 aromatic carbocycles. The molecule has 1 amide bonds. The number of non-ortho nitro benzene ring substituents is 1. The molecule has 0 spiro atoms. The van der Waals surface area contributed by atoms with Crippen LogP contribution in [-0.2, 0) is 16.6 Å². The number of hydrogen-bond acceptors (Lipinski definition) is 4. The number of hydrazone groups is 1. The Morgan fingerprint density at radius 3 is 2.42 bits per heavy atom. The van der Waals surface area contributed by atoms with Crippen molar-refractivity contribution >= 4 is 33.7 Å². The molecule has 2 rings (SSSR count). The summed E-state index contributed by atoms with van der Waals surface area (Å²) in [6.45, 7) is 6.42. The summed E-state index contributed by atoms with van der Waals surface area (Å²) in [4.78, 5) is 22.2. The van der Waals surface area contributed by atoms with Crippen molar-refractivity contribution in [1.82, 2.24) is 5.43 Å². The minimum Gasteiger partial charge on any atom is -0.273 e. The van der Waals surface area contributed by atoms with Crippen molar-refractivity contribution in [3.05, 3.63) is 73.7 Å². The Morgan fingerprint density at radius 1 is 1.23 bits per heavy atom. The van der Waals surface area contributed by atoms with Gasteiger partial charge in [0.1, 0.15) is 0 Å². The first-order valence-electron chi connectivity index (χ1n) is 8.02. The molecule has 2 aromatic rings. The van der Waals surface area contributed by atoms with Gasteiger partial charge in [0.05, 0.1) is 17.6 Å². The first kappa shape index (κ1) is 19.8. The van der Waals surface area contributed by atoms with Gasteiger partial charge in [0, 0.05) is 22.2 Å². The quantitative estimate of drug-likeness (QED) is 0.445. The lowest BCUT2D eigenvalue weighted by Gasteiger charge is -2.19. The highest BCUT2D eigenvalue weighted by molar-refractivity contribution is 9.10. The number of nitrogens with one attached hydrogen (secondary N) is 1. The third-order valence-electron chi connectivity index (χ3n) is 3.77. The highest BCUT2D eigenvalue weighted by Gasteiger charge is 2.13. The molecular weight excluding hydrogens is 398 g/mol. The van der Waals surface area contributed by atoms with Crippen LogP contribution in [0.3, 0.4) is 0 Å². The van der Waals surface area contributed by atoms with Crippen molar-refractivity contribution in [3.8, 4) is 0 Å². The van der Waals surface area contributed by atoms with Crippen molar-refractivity contribution in [2.45, 2.75) is 32.6 Å². The van der Waals surface area contributed by atoms with Gasteiger partial charge in [-0.05, 0) is 38.5 Å². The van der Waals surface area contributed by atoms with Gasteiger partial charge in [-0.1, -0.05) is 45.0 Å². The summed E-state index contributed by atoms with van der Waals surface area (Å²) >= 11 is 3.25. The van der Waals surface area contributed by atoms with Crippen molar-refractivity contribution in [1.29, 1.82) is 0 Å². The number of benzene rings is 2. The fourth-order valence-corrected chi connectivity index (χ4v) is 2.72. The van der Waals surface area contributed by atoms with Gasteiger partial charge in [-0.3, -0.25) is 14.9 Å². The number of carbonyl (C=O) groups excluding carboxylic acids is 1. The average molecular weight is 418 g/mol. The van der Waals surface area contributed by atoms with E-state index in [2.05, 4.69) is 47.2 Å². The molecule has 0 aromatic heterocycles. The standard InChI is InChI=1S/C19H20BrN3O3/c1-19(2,3)15-7-4-13(5-8-15)10-18(24)22-21-12-14-6-9-16(23(25)26)11-17(14)20/h4-9,11-12H,10H2,1-3H3,(H,22,24)/b21-12-. The SMILES string of the molecule is CC(C)(C)c1ccc(CC(=O)N/N=C\c2ccc([N+](=O)[O-])cc2Br)cc1. The summed E-state index contributed by atoms with van der Waals surface area (Å²) in [5.41, 5.74) is 5.27. The molecule has 0 heterocycles. The van der Waals surface area contributed by atoms with E-state index < -0.39 is 4.92 Å². The van der Waals surface area contributed by atoms with Gasteiger partial charge in [0.15, 0.2) is 0 Å². The predicted octanol–water partition coefficient (Wildman–Crippen LogP) is 4.35. The second-order valence-electron chi connectivity index (χ2n) is 6.88. The number of nitrogens with zero attached hydrogens (tertiary/aromatic N) is 2. The van der Waals surface area contributed by atoms with Crippen molar-refractivity contribution in [3.63, 3.8) is 0 Å². The van der Waals surface area contributed by atoms with Gasteiger partial charge in [-0.25, -0.2) is 5.43 Å². The van der Waals surface area contributed by atoms with Crippen LogP contribution in [0.2, 0.25) is 0 Å². The van der Waals surface area contributed by atoms with E-state index in [0.29, 0.717) is 10.0 Å². The molecule has 0 saturated carbocycles. The van der Waals surface area contributed by atoms with E-state index in [1.54, 1.807) is 6.07 Å². The zero-order valence-corrected chi connectivity index (χ0v) is 16.4. The van der Waals surface area contributed by atoms with Crippen LogP contribution in [0.4, 0.5) is 5.69 Å². The minimum atomic E-state index is -0.474. The minimum absolute atomic E-state index is 0.0169. The molecule has 0 aliphatic rings. The number of carbonyl (C=O) groups is 1. The Bertz CT molecular complexity index is 840. The van der Waals surface area contributed by atoms with Gasteiger partial charge in [-0.15, -0.1) is 0 Å². The fraction of sp³-hybridized carbons (Fsp3) is 0.263. The van der Waals surface area contributed by atoms with Crippen LogP contribution in [0, 0.1) is 10.1 Å². The van der Waals surface area contributed by atoms with Crippen LogP contribution in [0.15, 0.2) is 52.0 Å². The van der Waals surface area contributed by atoms with Crippen LogP contribution >= 0.6 is 15.9 Å². The summed E-state index contributed by atoms with van der Waals surface area (Å²) < 4.78 is 0.530. The maximum absolute atomic E-state index is 12.0. The number of amides is 1. The number of nitro benzene ring substituents is 1. The largest absolute Gasteiger partial charge is 0.273 e. The van der Waals surface area contributed by atoms with Gasteiger partial charge in [0.25, 0.3) is 5.69 Å². The zero-order chi connectivity index (χ0) is 19.3. The second kappa shape index (κ2) is 8.23. The molecule has 6 nitrogen and oxygen atoms in total. The summed E-state index contributed by atoms with van der Waals surface area (Å²) in [7, 11) is 0. The van der Waals surface area contributed by atoms with Crippen LogP contribution in [0.1, 0.15) is 37.5 Å². The maximum Gasteiger partial charge on any atom is 0.270 e. The lowest BCUT2D eigenvalue weighted by Crippen LogP contribution is -2.20. The lowest BCUT2D eigenvalue weighted by atomic mass is 9.86. The molecule has 26 heavy (non-hydrogen) atoms. The summed E-state index contributed by atoms with van der Waals surface area (Å²) in [5, 5.41) is 14.6. The Labute approximate surface area is 160 Å². The third kappa shape index (κ3) is 5.49. The van der Waals surface area contributed by atoms with Crippen LogP contribution in [-0.4, -0.2) is 17.0 Å². The van der Waals surface area contributed by atoms with E-state index in [0.717, 1.165) is 5.56 Å².